The van der Waals surface area contributed by atoms with E-state index in [1.54, 1.807) is 24.3 Å². The van der Waals surface area contributed by atoms with E-state index in [9.17, 15) is 22.5 Å². The Morgan fingerprint density at radius 1 is 0.958 bits per heavy atom. The molecule has 0 radical (unpaired) electrons. The second-order valence-corrected chi connectivity index (χ2v) is 8.87. The third-order valence-corrected chi connectivity index (χ3v) is 8.24. The maximum Gasteiger partial charge on any atom is 0.401 e. The molecule has 0 saturated carbocycles. The molecule has 128 valence electrons. The molecule has 2 aromatic carbocycles. The summed E-state index contributed by atoms with van der Waals surface area (Å²) in [4.78, 5) is 13.0. The normalized spacial score (nSPS) is 16.9. The van der Waals surface area contributed by atoms with Crippen LogP contribution in [0.5, 0.6) is 0 Å². The number of carbonyl (C=O) groups excluding carboxylic acids is 1. The molecule has 0 saturated heterocycles. The monoisotopic (exact) mass is 354 g/mol. The van der Waals surface area contributed by atoms with E-state index in [0.29, 0.717) is 0 Å². The Morgan fingerprint density at radius 3 is 1.83 bits per heavy atom. The van der Waals surface area contributed by atoms with Gasteiger partial charge in [0.15, 0.2) is 7.14 Å². The van der Waals surface area contributed by atoms with Crippen molar-refractivity contribution in [1.29, 1.82) is 0 Å². The van der Waals surface area contributed by atoms with Gasteiger partial charge in [-0.1, -0.05) is 67.6 Å². The molecule has 0 bridgehead atoms. The molecule has 0 amide bonds. The van der Waals surface area contributed by atoms with E-state index >= 15 is 0 Å². The van der Waals surface area contributed by atoms with Gasteiger partial charge in [-0.3, -0.25) is 4.79 Å². The van der Waals surface area contributed by atoms with E-state index < -0.39 is 30.4 Å². The summed E-state index contributed by atoms with van der Waals surface area (Å²) < 4.78 is 55.3. The highest BCUT2D eigenvalue weighted by Crippen LogP contribution is 2.66. The zero-order chi connectivity index (χ0) is 18.0. The smallest absolute Gasteiger partial charge is 0.309 e. The highest BCUT2D eigenvalue weighted by atomic mass is 31.2. The molecule has 0 fully saturated rings. The minimum Gasteiger partial charge on any atom is -0.309 e. The number of benzene rings is 2. The fraction of sp³-hybridized carbons (Fsp3) is 0.278. The standard InChI is InChI=1S/C18H18F3O2P/c1-3-17(2,18(19,20)21)24(23,15-12-8-5-9-13-15)16(22)14-10-6-4-7-11-14/h4-13H,3H2,1-2H3. The van der Waals surface area contributed by atoms with Crippen molar-refractivity contribution in [3.8, 4) is 0 Å². The van der Waals surface area contributed by atoms with Crippen molar-refractivity contribution >= 4 is 18.0 Å². The van der Waals surface area contributed by atoms with Crippen LogP contribution < -0.4 is 5.30 Å². The molecule has 0 aliphatic heterocycles. The molecular weight excluding hydrogens is 336 g/mol. The average molecular weight is 354 g/mol. The molecule has 0 aliphatic rings. The lowest BCUT2D eigenvalue weighted by Gasteiger charge is -2.37. The van der Waals surface area contributed by atoms with Crippen LogP contribution in [0.15, 0.2) is 60.7 Å². The molecular formula is C18H18F3O2P. The number of carbonyl (C=O) groups is 1. The Hall–Kier alpha value is -1.87. The molecule has 2 aromatic rings. The highest BCUT2D eigenvalue weighted by molar-refractivity contribution is 7.88. The van der Waals surface area contributed by atoms with Gasteiger partial charge in [0.25, 0.3) is 0 Å². The molecule has 0 heterocycles. The van der Waals surface area contributed by atoms with Crippen molar-refractivity contribution in [2.45, 2.75) is 31.6 Å². The van der Waals surface area contributed by atoms with Gasteiger partial charge in [-0.05, 0) is 13.3 Å². The molecule has 6 heteroatoms. The van der Waals surface area contributed by atoms with Crippen molar-refractivity contribution in [1.82, 2.24) is 0 Å². The van der Waals surface area contributed by atoms with Crippen LogP contribution in [-0.2, 0) is 4.57 Å². The number of alkyl halides is 3. The second-order valence-electron chi connectivity index (χ2n) is 5.74. The number of hydrogen-bond donors (Lipinski definition) is 0. The Kier molecular flexibility index (Phi) is 5.05. The first-order chi connectivity index (χ1) is 11.2. The summed E-state index contributed by atoms with van der Waals surface area (Å²) in [6, 6.07) is 14.8. The maximum atomic E-state index is 13.8. The average Bonchev–Trinajstić information content (AvgIpc) is 2.60. The summed E-state index contributed by atoms with van der Waals surface area (Å²) in [5, 5.41) is -2.70. The van der Waals surface area contributed by atoms with Gasteiger partial charge in [0.05, 0.1) is 0 Å². The summed E-state index contributed by atoms with van der Waals surface area (Å²) in [6.45, 7) is 2.18. The highest BCUT2D eigenvalue weighted by Gasteiger charge is 2.64. The van der Waals surface area contributed by atoms with Gasteiger partial charge in [-0.15, -0.1) is 0 Å². The topological polar surface area (TPSA) is 34.1 Å². The fourth-order valence-corrected chi connectivity index (χ4v) is 5.79. The summed E-state index contributed by atoms with van der Waals surface area (Å²) in [5.41, 5.74) is -0.940. The number of hydrogen-bond acceptors (Lipinski definition) is 2. The van der Waals surface area contributed by atoms with Crippen molar-refractivity contribution in [2.75, 3.05) is 0 Å². The minimum atomic E-state index is -4.78. The Balaban J connectivity index is 2.77. The van der Waals surface area contributed by atoms with Crippen LogP contribution in [0, 0.1) is 0 Å². The first kappa shape index (κ1) is 18.5. The van der Waals surface area contributed by atoms with Gasteiger partial charge in [0.1, 0.15) is 5.16 Å². The summed E-state index contributed by atoms with van der Waals surface area (Å²) >= 11 is 0. The van der Waals surface area contributed by atoms with Crippen LogP contribution in [0.4, 0.5) is 13.2 Å². The first-order valence-electron chi connectivity index (χ1n) is 7.51. The van der Waals surface area contributed by atoms with Crippen LogP contribution in [0.1, 0.15) is 30.6 Å². The fourth-order valence-electron chi connectivity index (χ4n) is 2.63. The predicted octanol–water partition coefficient (Wildman–Crippen LogP) is 5.25. The molecule has 2 rings (SSSR count). The summed E-state index contributed by atoms with van der Waals surface area (Å²) in [6.07, 6.45) is -5.24. The molecule has 2 unspecified atom stereocenters. The van der Waals surface area contributed by atoms with E-state index in [4.69, 9.17) is 0 Å². The molecule has 0 N–H and O–H groups in total. The molecule has 2 atom stereocenters. The van der Waals surface area contributed by atoms with E-state index in [-0.39, 0.29) is 10.9 Å². The van der Waals surface area contributed by atoms with Gasteiger partial charge < -0.3 is 4.57 Å². The number of halogens is 3. The van der Waals surface area contributed by atoms with E-state index in [1.165, 1.54) is 43.3 Å². The Bertz CT molecular complexity index is 757. The molecule has 0 aromatic heterocycles. The van der Waals surface area contributed by atoms with Gasteiger partial charge in [0, 0.05) is 10.9 Å². The summed E-state index contributed by atoms with van der Waals surface area (Å²) in [5.74, 6) is 0. The second kappa shape index (κ2) is 6.56. The zero-order valence-corrected chi connectivity index (χ0v) is 14.3. The van der Waals surface area contributed by atoms with Crippen molar-refractivity contribution in [3.63, 3.8) is 0 Å². The van der Waals surface area contributed by atoms with Crippen LogP contribution in [0.25, 0.3) is 0 Å². The maximum absolute atomic E-state index is 13.8. The lowest BCUT2D eigenvalue weighted by Crippen LogP contribution is -2.46. The van der Waals surface area contributed by atoms with Crippen molar-refractivity contribution in [2.24, 2.45) is 0 Å². The number of rotatable bonds is 5. The van der Waals surface area contributed by atoms with Crippen LogP contribution in [0.2, 0.25) is 0 Å². The SMILES string of the molecule is CCC(C)(C(F)(F)F)P(=O)(C(=O)c1ccccc1)c1ccccc1. The molecule has 0 spiro atoms. The molecule has 2 nitrogen and oxygen atoms in total. The van der Waals surface area contributed by atoms with Crippen LogP contribution in [0.3, 0.4) is 0 Å². The third kappa shape index (κ3) is 2.82. The Labute approximate surface area is 139 Å². The zero-order valence-electron chi connectivity index (χ0n) is 13.4. The van der Waals surface area contributed by atoms with Gasteiger partial charge >= 0.3 is 6.18 Å². The Morgan fingerprint density at radius 2 is 1.42 bits per heavy atom. The van der Waals surface area contributed by atoms with Gasteiger partial charge in [-0.25, -0.2) is 0 Å². The third-order valence-electron chi connectivity index (χ3n) is 4.42. The lowest BCUT2D eigenvalue weighted by molar-refractivity contribution is -0.158. The van der Waals surface area contributed by atoms with Crippen LogP contribution >= 0.6 is 7.14 Å². The van der Waals surface area contributed by atoms with E-state index in [0.717, 1.165) is 6.92 Å². The largest absolute Gasteiger partial charge is 0.401 e. The van der Waals surface area contributed by atoms with Gasteiger partial charge in [-0.2, -0.15) is 13.2 Å². The summed E-state index contributed by atoms with van der Waals surface area (Å²) in [7, 11) is -4.49. The molecule has 24 heavy (non-hydrogen) atoms. The van der Waals surface area contributed by atoms with Gasteiger partial charge in [0.2, 0.25) is 5.52 Å². The van der Waals surface area contributed by atoms with Crippen LogP contribution in [-0.4, -0.2) is 16.9 Å². The van der Waals surface area contributed by atoms with E-state index in [2.05, 4.69) is 0 Å². The van der Waals surface area contributed by atoms with E-state index in [1.807, 2.05) is 0 Å². The van der Waals surface area contributed by atoms with Crippen molar-refractivity contribution < 1.29 is 22.5 Å². The molecule has 0 aliphatic carbocycles. The quantitative estimate of drug-likeness (QED) is 0.688. The predicted molar refractivity (Wildman–Crippen MR) is 89.2 cm³/mol. The minimum absolute atomic E-state index is 0.0219. The first-order valence-corrected chi connectivity index (χ1v) is 9.21. The van der Waals surface area contributed by atoms with Crippen molar-refractivity contribution in [3.05, 3.63) is 66.2 Å². The lowest BCUT2D eigenvalue weighted by atomic mass is 10.1.